The van der Waals surface area contributed by atoms with Crippen molar-refractivity contribution in [2.24, 2.45) is 0 Å². The minimum atomic E-state index is -1.09. The number of aliphatic carboxylic acids is 1. The van der Waals surface area contributed by atoms with E-state index in [1.165, 1.54) is 13.8 Å². The van der Waals surface area contributed by atoms with Gasteiger partial charge in [-0.3, -0.25) is 4.79 Å². The van der Waals surface area contributed by atoms with Crippen molar-refractivity contribution in [1.29, 1.82) is 0 Å². The molecule has 0 heterocycles. The van der Waals surface area contributed by atoms with E-state index < -0.39 is 11.9 Å². The van der Waals surface area contributed by atoms with E-state index in [9.17, 15) is 9.59 Å². The van der Waals surface area contributed by atoms with Crippen LogP contribution in [-0.2, 0) is 9.59 Å². The molecule has 0 saturated carbocycles. The molecule has 20 heavy (non-hydrogen) atoms. The first-order chi connectivity index (χ1) is 9.50. The van der Waals surface area contributed by atoms with Crippen LogP contribution in [0.1, 0.15) is 13.8 Å². The first kappa shape index (κ1) is 13.8. The number of fused-ring (bicyclic) bond motifs is 1. The Balaban J connectivity index is 2.36. The average molecular weight is 269 g/mol. The van der Waals surface area contributed by atoms with Crippen LogP contribution in [0, 0.1) is 0 Å². The number of carboxylic acids is 1. The third-order valence-corrected chi connectivity index (χ3v) is 3.26. The first-order valence-corrected chi connectivity index (χ1v) is 6.20. The first-order valence-electron chi connectivity index (χ1n) is 6.20. The minimum Gasteiger partial charge on any atom is -0.478 e. The maximum absolute atomic E-state index is 12.1. The number of anilines is 1. The van der Waals surface area contributed by atoms with Crippen molar-refractivity contribution < 1.29 is 14.7 Å². The van der Waals surface area contributed by atoms with Crippen LogP contribution in [0.2, 0.25) is 0 Å². The molecule has 1 amide bonds. The van der Waals surface area contributed by atoms with E-state index in [1.54, 1.807) is 6.07 Å². The summed E-state index contributed by atoms with van der Waals surface area (Å²) in [5, 5.41) is 13.6. The Morgan fingerprint density at radius 1 is 0.950 bits per heavy atom. The van der Waals surface area contributed by atoms with Crippen molar-refractivity contribution in [2.45, 2.75) is 13.8 Å². The normalized spacial score (nSPS) is 11.9. The summed E-state index contributed by atoms with van der Waals surface area (Å²) in [6, 6.07) is 13.3. The average Bonchev–Trinajstić information content (AvgIpc) is 2.46. The molecule has 4 nitrogen and oxygen atoms in total. The van der Waals surface area contributed by atoms with Crippen LogP contribution >= 0.6 is 0 Å². The SMILES string of the molecule is C/C(C(=O)O)=C(\C)C(=O)Nc1cccc2ccccc12. The van der Waals surface area contributed by atoms with E-state index in [0.717, 1.165) is 10.8 Å². The maximum atomic E-state index is 12.1. The lowest BCUT2D eigenvalue weighted by molar-refractivity contribution is -0.133. The van der Waals surface area contributed by atoms with Crippen LogP contribution in [0.25, 0.3) is 10.8 Å². The predicted molar refractivity (Wildman–Crippen MR) is 78.6 cm³/mol. The zero-order valence-corrected chi connectivity index (χ0v) is 11.3. The zero-order valence-electron chi connectivity index (χ0n) is 11.3. The Morgan fingerprint density at radius 3 is 2.30 bits per heavy atom. The van der Waals surface area contributed by atoms with Crippen molar-refractivity contribution >= 4 is 28.3 Å². The van der Waals surface area contributed by atoms with E-state index in [4.69, 9.17) is 5.11 Å². The number of hydrogen-bond donors (Lipinski definition) is 2. The summed E-state index contributed by atoms with van der Waals surface area (Å²) < 4.78 is 0. The molecule has 0 radical (unpaired) electrons. The van der Waals surface area contributed by atoms with Gasteiger partial charge in [0.15, 0.2) is 0 Å². The van der Waals surface area contributed by atoms with Crippen molar-refractivity contribution in [3.8, 4) is 0 Å². The third kappa shape index (κ3) is 2.69. The van der Waals surface area contributed by atoms with E-state index in [-0.39, 0.29) is 11.1 Å². The molecule has 0 spiro atoms. The number of benzene rings is 2. The molecule has 0 aromatic heterocycles. The molecule has 0 atom stereocenters. The molecule has 2 N–H and O–H groups in total. The quantitative estimate of drug-likeness (QED) is 0.841. The van der Waals surface area contributed by atoms with Crippen LogP contribution in [0.15, 0.2) is 53.6 Å². The van der Waals surface area contributed by atoms with Gasteiger partial charge in [0.2, 0.25) is 0 Å². The van der Waals surface area contributed by atoms with Gasteiger partial charge in [0.1, 0.15) is 0 Å². The lowest BCUT2D eigenvalue weighted by Gasteiger charge is -2.09. The topological polar surface area (TPSA) is 66.4 Å². The fraction of sp³-hybridized carbons (Fsp3) is 0.125. The van der Waals surface area contributed by atoms with Gasteiger partial charge in [-0.2, -0.15) is 0 Å². The summed E-state index contributed by atoms with van der Waals surface area (Å²) in [4.78, 5) is 22.9. The van der Waals surface area contributed by atoms with Crippen molar-refractivity contribution in [2.75, 3.05) is 5.32 Å². The predicted octanol–water partition coefficient (Wildman–Crippen LogP) is 3.20. The molecule has 0 aliphatic heterocycles. The molecule has 102 valence electrons. The van der Waals surface area contributed by atoms with Crippen LogP contribution in [-0.4, -0.2) is 17.0 Å². The standard InChI is InChI=1S/C16H15NO3/c1-10(11(2)16(19)20)15(18)17-14-9-5-7-12-6-3-4-8-13(12)14/h3-9H,1-2H3,(H,17,18)(H,19,20)/b11-10-. The summed E-state index contributed by atoms with van der Waals surface area (Å²) in [5.74, 6) is -1.49. The number of hydrogen-bond acceptors (Lipinski definition) is 2. The second kappa shape index (κ2) is 5.57. The van der Waals surface area contributed by atoms with Crippen molar-refractivity contribution in [1.82, 2.24) is 0 Å². The Labute approximate surface area is 116 Å². The molecule has 4 heteroatoms. The number of rotatable bonds is 3. The largest absolute Gasteiger partial charge is 0.478 e. The third-order valence-electron chi connectivity index (χ3n) is 3.26. The van der Waals surface area contributed by atoms with Crippen molar-refractivity contribution in [3.05, 3.63) is 53.6 Å². The monoisotopic (exact) mass is 269 g/mol. The molecular weight excluding hydrogens is 254 g/mol. The second-order valence-electron chi connectivity index (χ2n) is 4.54. The van der Waals surface area contributed by atoms with E-state index >= 15 is 0 Å². The fourth-order valence-electron chi connectivity index (χ4n) is 1.88. The molecule has 0 bridgehead atoms. The number of amides is 1. The highest BCUT2D eigenvalue weighted by atomic mass is 16.4. The van der Waals surface area contributed by atoms with Crippen LogP contribution in [0.4, 0.5) is 5.69 Å². The van der Waals surface area contributed by atoms with E-state index in [1.807, 2.05) is 36.4 Å². The molecule has 2 aromatic rings. The molecule has 0 fully saturated rings. The number of carboxylic acid groups (broad SMARTS) is 1. The Hall–Kier alpha value is -2.62. The van der Waals surface area contributed by atoms with Gasteiger partial charge in [0, 0.05) is 22.2 Å². The summed E-state index contributed by atoms with van der Waals surface area (Å²) >= 11 is 0. The molecule has 2 aromatic carbocycles. The van der Waals surface area contributed by atoms with Gasteiger partial charge < -0.3 is 10.4 Å². The Morgan fingerprint density at radius 2 is 1.60 bits per heavy atom. The maximum Gasteiger partial charge on any atom is 0.331 e. The van der Waals surface area contributed by atoms with Gasteiger partial charge in [0.25, 0.3) is 5.91 Å². The molecular formula is C16H15NO3. The minimum absolute atomic E-state index is 0.0442. The Kier molecular flexibility index (Phi) is 3.84. The number of carbonyl (C=O) groups is 2. The molecule has 0 saturated heterocycles. The van der Waals surface area contributed by atoms with Crippen LogP contribution in [0.3, 0.4) is 0 Å². The number of nitrogens with one attached hydrogen (secondary N) is 1. The smallest absolute Gasteiger partial charge is 0.331 e. The van der Waals surface area contributed by atoms with E-state index in [0.29, 0.717) is 5.69 Å². The summed E-state index contributed by atoms with van der Waals surface area (Å²) in [6.45, 7) is 2.92. The van der Waals surface area contributed by atoms with Gasteiger partial charge >= 0.3 is 5.97 Å². The highest BCUT2D eigenvalue weighted by Gasteiger charge is 2.13. The molecule has 2 rings (SSSR count). The fourth-order valence-corrected chi connectivity index (χ4v) is 1.88. The van der Waals surface area contributed by atoms with Gasteiger partial charge in [-0.05, 0) is 25.3 Å². The lowest BCUT2D eigenvalue weighted by Crippen LogP contribution is -2.16. The van der Waals surface area contributed by atoms with Gasteiger partial charge in [-0.15, -0.1) is 0 Å². The summed E-state index contributed by atoms with van der Waals surface area (Å²) in [7, 11) is 0. The van der Waals surface area contributed by atoms with Gasteiger partial charge in [0.05, 0.1) is 0 Å². The molecule has 0 aliphatic rings. The molecule has 0 aliphatic carbocycles. The Bertz CT molecular complexity index is 711. The lowest BCUT2D eigenvalue weighted by atomic mass is 10.1. The highest BCUT2D eigenvalue weighted by Crippen LogP contribution is 2.23. The highest BCUT2D eigenvalue weighted by molar-refractivity contribution is 6.11. The summed E-state index contributed by atoms with van der Waals surface area (Å²) in [6.07, 6.45) is 0. The second-order valence-corrected chi connectivity index (χ2v) is 4.54. The zero-order chi connectivity index (χ0) is 14.7. The van der Waals surface area contributed by atoms with Crippen LogP contribution in [0.5, 0.6) is 0 Å². The summed E-state index contributed by atoms with van der Waals surface area (Å²) in [5.41, 5.74) is 0.916. The van der Waals surface area contributed by atoms with Gasteiger partial charge in [-0.1, -0.05) is 36.4 Å². The van der Waals surface area contributed by atoms with Crippen molar-refractivity contribution in [3.63, 3.8) is 0 Å². The van der Waals surface area contributed by atoms with E-state index in [2.05, 4.69) is 5.32 Å². The van der Waals surface area contributed by atoms with Gasteiger partial charge in [-0.25, -0.2) is 4.79 Å². The van der Waals surface area contributed by atoms with Crippen LogP contribution < -0.4 is 5.32 Å². The molecule has 0 unspecified atom stereocenters. The number of carbonyl (C=O) groups excluding carboxylic acids is 1.